The fourth-order valence-electron chi connectivity index (χ4n) is 7.28. The molecule has 0 saturated heterocycles. The molecule has 0 aromatic carbocycles. The number of carbonyl (C=O) groups is 1. The SMILES string of the molecule is CC/C=C\C/C=C\C/C=C\C/C=C\C/C=C\C/C=C\C/C=C\C/C=C\CCCCCCCCCCCCC(=O)NC(CO)C(O)/C=C/CC/C=C/CC/C=C/CCCCCCCCCC. The largest absolute Gasteiger partial charge is 0.394 e. The molecule has 3 N–H and O–H groups in total. The van der Waals surface area contributed by atoms with Crippen LogP contribution in [0.1, 0.15) is 226 Å². The zero-order valence-electron chi connectivity index (χ0n) is 42.2. The van der Waals surface area contributed by atoms with Crippen LogP contribution in [0, 0.1) is 0 Å². The average molecular weight is 896 g/mol. The molecule has 368 valence electrons. The van der Waals surface area contributed by atoms with Crippen molar-refractivity contribution in [1.29, 1.82) is 0 Å². The molecule has 0 saturated carbocycles. The molecule has 0 aromatic heterocycles. The monoisotopic (exact) mass is 896 g/mol. The minimum absolute atomic E-state index is 0.0885. The van der Waals surface area contributed by atoms with Crippen LogP contribution in [0.3, 0.4) is 0 Å². The standard InChI is InChI=1S/C61H101NO3/c1-3-5-7-9-11-13-15-17-19-21-23-24-25-26-27-28-29-30-31-32-33-34-35-36-37-38-39-41-43-45-47-49-51-53-55-57-61(65)62-59(58-63)60(64)56-54-52-50-48-46-44-42-40-22-20-18-16-14-12-10-8-6-4-2/h5,7,11,13,17,19,22-24,26-27,29-30,32-33,35-36,40,46,48,54,56,59-60,63-64H,3-4,6,8-10,12,14-16,18,20-21,25,28,31,34,37-39,41-45,47,49-53,55,57-58H2,1-2H3,(H,62,65)/b7-5-,13-11-,19-17-,24-23-,27-26-,30-29-,33-32-,36-35-,40-22+,48-46+,56-54+. The summed E-state index contributed by atoms with van der Waals surface area (Å²) < 4.78 is 0. The highest BCUT2D eigenvalue weighted by atomic mass is 16.3. The maximum Gasteiger partial charge on any atom is 0.220 e. The highest BCUT2D eigenvalue weighted by Crippen LogP contribution is 2.13. The van der Waals surface area contributed by atoms with Crippen LogP contribution in [0.5, 0.6) is 0 Å². The molecule has 0 aliphatic carbocycles. The summed E-state index contributed by atoms with van der Waals surface area (Å²) in [6.07, 6.45) is 85.9. The molecule has 65 heavy (non-hydrogen) atoms. The Morgan fingerprint density at radius 1 is 0.385 bits per heavy atom. The molecule has 1 amide bonds. The van der Waals surface area contributed by atoms with Gasteiger partial charge in [-0.2, -0.15) is 0 Å². The topological polar surface area (TPSA) is 69.6 Å². The Labute approximate surface area is 402 Å². The summed E-state index contributed by atoms with van der Waals surface area (Å²) in [7, 11) is 0. The van der Waals surface area contributed by atoms with E-state index >= 15 is 0 Å². The first kappa shape index (κ1) is 61.5. The van der Waals surface area contributed by atoms with Crippen LogP contribution in [0.15, 0.2) is 134 Å². The minimum Gasteiger partial charge on any atom is -0.394 e. The molecule has 2 unspecified atom stereocenters. The quantitative estimate of drug-likeness (QED) is 0.0421. The van der Waals surface area contributed by atoms with E-state index in [2.05, 4.69) is 141 Å². The summed E-state index contributed by atoms with van der Waals surface area (Å²) in [5.74, 6) is -0.0885. The number of hydrogen-bond acceptors (Lipinski definition) is 3. The van der Waals surface area contributed by atoms with Crippen molar-refractivity contribution in [3.63, 3.8) is 0 Å². The van der Waals surface area contributed by atoms with Gasteiger partial charge in [-0.1, -0.05) is 244 Å². The molecule has 0 rings (SSSR count). The number of unbranched alkanes of at least 4 members (excludes halogenated alkanes) is 20. The smallest absolute Gasteiger partial charge is 0.220 e. The molecule has 4 heteroatoms. The van der Waals surface area contributed by atoms with Crippen molar-refractivity contribution in [3.05, 3.63) is 134 Å². The normalized spacial score (nSPS) is 14.0. The maximum absolute atomic E-state index is 12.5. The van der Waals surface area contributed by atoms with Crippen molar-refractivity contribution in [2.75, 3.05) is 6.61 Å². The summed E-state index contributed by atoms with van der Waals surface area (Å²) in [4.78, 5) is 12.5. The summed E-state index contributed by atoms with van der Waals surface area (Å²) >= 11 is 0. The van der Waals surface area contributed by atoms with E-state index in [1.54, 1.807) is 6.08 Å². The van der Waals surface area contributed by atoms with Gasteiger partial charge in [-0.25, -0.2) is 0 Å². The van der Waals surface area contributed by atoms with Gasteiger partial charge in [0.1, 0.15) is 0 Å². The summed E-state index contributed by atoms with van der Waals surface area (Å²) in [6.45, 7) is 4.16. The van der Waals surface area contributed by atoms with E-state index in [1.165, 1.54) is 109 Å². The number of nitrogens with one attached hydrogen (secondary N) is 1. The van der Waals surface area contributed by atoms with E-state index in [9.17, 15) is 15.0 Å². The van der Waals surface area contributed by atoms with Crippen LogP contribution >= 0.6 is 0 Å². The average Bonchev–Trinajstić information content (AvgIpc) is 3.31. The molecule has 0 radical (unpaired) electrons. The Balaban J connectivity index is 3.65. The highest BCUT2D eigenvalue weighted by Gasteiger charge is 2.17. The Kier molecular flexibility index (Phi) is 51.9. The van der Waals surface area contributed by atoms with E-state index in [4.69, 9.17) is 0 Å². The summed E-state index contributed by atoms with van der Waals surface area (Å²) in [6, 6.07) is -0.657. The van der Waals surface area contributed by atoms with Gasteiger partial charge < -0.3 is 15.5 Å². The fourth-order valence-corrected chi connectivity index (χ4v) is 7.28. The predicted molar refractivity (Wildman–Crippen MR) is 289 cm³/mol. The lowest BCUT2D eigenvalue weighted by molar-refractivity contribution is -0.123. The maximum atomic E-state index is 12.5. The zero-order valence-corrected chi connectivity index (χ0v) is 42.2. The van der Waals surface area contributed by atoms with E-state index in [0.717, 1.165) is 96.3 Å². The number of allylic oxidation sites excluding steroid dienone is 21. The third-order valence-electron chi connectivity index (χ3n) is 11.3. The Morgan fingerprint density at radius 3 is 1.08 bits per heavy atom. The first-order valence-corrected chi connectivity index (χ1v) is 26.9. The van der Waals surface area contributed by atoms with E-state index in [0.29, 0.717) is 6.42 Å². The molecule has 0 spiro atoms. The molecule has 0 fully saturated rings. The van der Waals surface area contributed by atoms with Crippen molar-refractivity contribution in [2.45, 2.75) is 238 Å². The second kappa shape index (κ2) is 54.9. The molecule has 0 aromatic rings. The molecular weight excluding hydrogens is 795 g/mol. The Bertz CT molecular complexity index is 1340. The van der Waals surface area contributed by atoms with Gasteiger partial charge in [0.15, 0.2) is 0 Å². The van der Waals surface area contributed by atoms with E-state index < -0.39 is 12.1 Å². The summed E-state index contributed by atoms with van der Waals surface area (Å²) in [5.41, 5.74) is 0. The Morgan fingerprint density at radius 2 is 0.692 bits per heavy atom. The van der Waals surface area contributed by atoms with Crippen molar-refractivity contribution in [2.24, 2.45) is 0 Å². The van der Waals surface area contributed by atoms with Crippen LogP contribution in [-0.4, -0.2) is 34.9 Å². The molecule has 0 aliphatic rings. The lowest BCUT2D eigenvalue weighted by atomic mass is 10.0. The van der Waals surface area contributed by atoms with Crippen molar-refractivity contribution < 1.29 is 15.0 Å². The molecule has 4 nitrogen and oxygen atoms in total. The molecule has 0 heterocycles. The lowest BCUT2D eigenvalue weighted by Gasteiger charge is -2.19. The van der Waals surface area contributed by atoms with Gasteiger partial charge in [0.25, 0.3) is 0 Å². The van der Waals surface area contributed by atoms with Gasteiger partial charge in [-0.05, 0) is 109 Å². The third-order valence-corrected chi connectivity index (χ3v) is 11.3. The van der Waals surface area contributed by atoms with Gasteiger partial charge in [0, 0.05) is 6.42 Å². The molecular formula is C61H101NO3. The zero-order chi connectivity index (χ0) is 47.0. The fraction of sp³-hybridized carbons (Fsp3) is 0.623. The van der Waals surface area contributed by atoms with Gasteiger partial charge in [0.2, 0.25) is 5.91 Å². The first-order valence-electron chi connectivity index (χ1n) is 26.9. The molecule has 2 atom stereocenters. The first-order chi connectivity index (χ1) is 32.2. The second-order valence-corrected chi connectivity index (χ2v) is 17.5. The number of aliphatic hydroxyl groups excluding tert-OH is 2. The van der Waals surface area contributed by atoms with E-state index in [1.807, 2.05) is 6.08 Å². The number of aliphatic hydroxyl groups is 2. The number of amides is 1. The summed E-state index contributed by atoms with van der Waals surface area (Å²) in [5, 5.41) is 23.1. The van der Waals surface area contributed by atoms with Crippen molar-refractivity contribution >= 4 is 5.91 Å². The molecule has 0 bridgehead atoms. The number of carbonyl (C=O) groups excluding carboxylic acids is 1. The van der Waals surface area contributed by atoms with Gasteiger partial charge in [-0.3, -0.25) is 4.79 Å². The van der Waals surface area contributed by atoms with Crippen molar-refractivity contribution in [3.8, 4) is 0 Å². The lowest BCUT2D eigenvalue weighted by Crippen LogP contribution is -2.45. The van der Waals surface area contributed by atoms with Crippen LogP contribution in [0.2, 0.25) is 0 Å². The third kappa shape index (κ3) is 51.4. The highest BCUT2D eigenvalue weighted by molar-refractivity contribution is 5.76. The number of rotatable bonds is 47. The second-order valence-electron chi connectivity index (χ2n) is 17.5. The van der Waals surface area contributed by atoms with Gasteiger partial charge in [0.05, 0.1) is 18.8 Å². The van der Waals surface area contributed by atoms with Crippen LogP contribution < -0.4 is 5.32 Å². The van der Waals surface area contributed by atoms with Crippen LogP contribution in [0.25, 0.3) is 0 Å². The molecule has 0 aliphatic heterocycles. The van der Waals surface area contributed by atoms with E-state index in [-0.39, 0.29) is 12.5 Å². The van der Waals surface area contributed by atoms with Crippen LogP contribution in [-0.2, 0) is 4.79 Å². The van der Waals surface area contributed by atoms with Crippen molar-refractivity contribution in [1.82, 2.24) is 5.32 Å². The minimum atomic E-state index is -0.881. The van der Waals surface area contributed by atoms with Gasteiger partial charge >= 0.3 is 0 Å². The Hall–Kier alpha value is -3.47. The predicted octanol–water partition coefficient (Wildman–Crippen LogP) is 17.9. The van der Waals surface area contributed by atoms with Crippen LogP contribution in [0.4, 0.5) is 0 Å². The van der Waals surface area contributed by atoms with Gasteiger partial charge in [-0.15, -0.1) is 0 Å². The number of hydrogen-bond donors (Lipinski definition) is 3.